The normalized spacial score (nSPS) is 34.8. The Hall–Kier alpha value is -0.610. The fraction of sp³-hybridized carbons (Fsp3) is 0.933. The fourth-order valence-corrected chi connectivity index (χ4v) is 3.42. The molecule has 0 aromatic heterocycles. The zero-order valence-electron chi connectivity index (χ0n) is 12.2. The Morgan fingerprint density at radius 3 is 2.74 bits per heavy atom. The minimum Gasteiger partial charge on any atom is -0.393 e. The number of amides is 1. The highest BCUT2D eigenvalue weighted by Gasteiger charge is 2.37. The van der Waals surface area contributed by atoms with Crippen molar-refractivity contribution in [3.05, 3.63) is 0 Å². The smallest absolute Gasteiger partial charge is 0.237 e. The van der Waals surface area contributed by atoms with Gasteiger partial charge in [0.15, 0.2) is 0 Å². The third-order valence-corrected chi connectivity index (χ3v) is 4.80. The number of carbonyl (C=O) groups is 1. The number of piperidine rings is 1. The lowest BCUT2D eigenvalue weighted by Gasteiger charge is -2.38. The van der Waals surface area contributed by atoms with E-state index < -0.39 is 0 Å². The number of carbonyl (C=O) groups excluding carboxylic acids is 1. The Labute approximate surface area is 116 Å². The molecule has 2 aliphatic rings. The summed E-state index contributed by atoms with van der Waals surface area (Å²) in [6.07, 6.45) is 6.19. The highest BCUT2D eigenvalue weighted by molar-refractivity contribution is 5.82. The number of aliphatic hydroxyl groups excluding tert-OH is 1. The van der Waals surface area contributed by atoms with Crippen LogP contribution >= 0.6 is 0 Å². The van der Waals surface area contributed by atoms with E-state index in [9.17, 15) is 9.90 Å². The third kappa shape index (κ3) is 3.69. The van der Waals surface area contributed by atoms with Gasteiger partial charge in [-0.15, -0.1) is 0 Å². The fourth-order valence-electron chi connectivity index (χ4n) is 3.42. The summed E-state index contributed by atoms with van der Waals surface area (Å²) in [6.45, 7) is 5.85. The second kappa shape index (κ2) is 6.23. The molecule has 3 N–H and O–H groups in total. The predicted molar refractivity (Wildman–Crippen MR) is 75.8 cm³/mol. The van der Waals surface area contributed by atoms with Crippen molar-refractivity contribution in [3.8, 4) is 0 Å². The van der Waals surface area contributed by atoms with Crippen molar-refractivity contribution in [2.75, 3.05) is 13.1 Å². The molecule has 1 aliphatic heterocycles. The number of nitrogens with one attached hydrogen (secondary N) is 2. The summed E-state index contributed by atoms with van der Waals surface area (Å²) in [5.41, 5.74) is 0.0213. The van der Waals surface area contributed by atoms with Crippen LogP contribution in [0, 0.1) is 11.3 Å². The largest absolute Gasteiger partial charge is 0.393 e. The average Bonchev–Trinajstić information content (AvgIpc) is 2.37. The van der Waals surface area contributed by atoms with Crippen LogP contribution in [0.25, 0.3) is 0 Å². The minimum atomic E-state index is -0.235. The molecular formula is C15H28N2O2. The van der Waals surface area contributed by atoms with E-state index >= 15 is 0 Å². The molecule has 0 aromatic carbocycles. The molecule has 4 heteroatoms. The molecule has 110 valence electrons. The van der Waals surface area contributed by atoms with Crippen LogP contribution in [0.2, 0.25) is 0 Å². The summed E-state index contributed by atoms with van der Waals surface area (Å²) in [6, 6.07) is -0.0954. The molecule has 0 aromatic rings. The van der Waals surface area contributed by atoms with Gasteiger partial charge in [-0.25, -0.2) is 0 Å². The highest BCUT2D eigenvalue weighted by atomic mass is 16.3. The molecule has 1 saturated carbocycles. The highest BCUT2D eigenvalue weighted by Crippen LogP contribution is 2.30. The lowest BCUT2D eigenvalue weighted by Crippen LogP contribution is -2.56. The summed E-state index contributed by atoms with van der Waals surface area (Å²) >= 11 is 0. The van der Waals surface area contributed by atoms with Gasteiger partial charge in [0.1, 0.15) is 0 Å². The second-order valence-electron chi connectivity index (χ2n) is 6.84. The molecule has 1 amide bonds. The molecule has 1 aliphatic carbocycles. The van der Waals surface area contributed by atoms with Gasteiger partial charge in [-0.3, -0.25) is 4.79 Å². The van der Waals surface area contributed by atoms with E-state index in [2.05, 4.69) is 24.5 Å². The molecule has 2 fully saturated rings. The molecule has 0 spiro atoms. The topological polar surface area (TPSA) is 61.4 Å². The van der Waals surface area contributed by atoms with Gasteiger partial charge in [-0.2, -0.15) is 0 Å². The quantitative estimate of drug-likeness (QED) is 0.725. The molecular weight excluding hydrogens is 240 g/mol. The van der Waals surface area contributed by atoms with Crippen molar-refractivity contribution < 1.29 is 9.90 Å². The van der Waals surface area contributed by atoms with Crippen LogP contribution in [-0.4, -0.2) is 36.2 Å². The van der Waals surface area contributed by atoms with Crippen molar-refractivity contribution in [2.24, 2.45) is 11.3 Å². The van der Waals surface area contributed by atoms with Crippen molar-refractivity contribution in [1.82, 2.24) is 10.6 Å². The van der Waals surface area contributed by atoms with E-state index in [1.165, 1.54) is 6.42 Å². The number of aliphatic hydroxyl groups is 1. The summed E-state index contributed by atoms with van der Waals surface area (Å²) < 4.78 is 0. The van der Waals surface area contributed by atoms with E-state index in [1.54, 1.807) is 0 Å². The maximum absolute atomic E-state index is 12.3. The molecule has 3 atom stereocenters. The van der Waals surface area contributed by atoms with E-state index in [1.807, 2.05) is 0 Å². The van der Waals surface area contributed by atoms with E-state index in [4.69, 9.17) is 0 Å². The molecule has 19 heavy (non-hydrogen) atoms. The molecule has 1 saturated heterocycles. The van der Waals surface area contributed by atoms with Crippen molar-refractivity contribution in [3.63, 3.8) is 0 Å². The Kier molecular flexibility index (Phi) is 4.85. The summed E-state index contributed by atoms with van der Waals surface area (Å²) in [4.78, 5) is 12.3. The van der Waals surface area contributed by atoms with Gasteiger partial charge in [0.05, 0.1) is 12.1 Å². The van der Waals surface area contributed by atoms with Crippen molar-refractivity contribution in [2.45, 2.75) is 64.5 Å². The molecule has 2 rings (SSSR count). The molecule has 4 nitrogen and oxygen atoms in total. The average molecular weight is 268 g/mol. The standard InChI is InChI=1S/C15H28N2O2/c1-15(2)8-5-9-16-13(15)14(19)17-10-11-6-3-4-7-12(11)18/h11-13,16,18H,3-10H2,1-2H3,(H,17,19). The van der Waals surface area contributed by atoms with Crippen LogP contribution in [0.15, 0.2) is 0 Å². The molecule has 0 bridgehead atoms. The Morgan fingerprint density at radius 1 is 1.32 bits per heavy atom. The maximum atomic E-state index is 12.3. The first-order valence-corrected chi connectivity index (χ1v) is 7.70. The van der Waals surface area contributed by atoms with Crippen LogP contribution in [0.4, 0.5) is 0 Å². The lowest BCUT2D eigenvalue weighted by atomic mass is 9.77. The van der Waals surface area contributed by atoms with E-state index in [0.29, 0.717) is 6.54 Å². The van der Waals surface area contributed by atoms with Gasteiger partial charge < -0.3 is 15.7 Å². The third-order valence-electron chi connectivity index (χ3n) is 4.80. The Balaban J connectivity index is 1.83. The van der Waals surface area contributed by atoms with Crippen molar-refractivity contribution >= 4 is 5.91 Å². The minimum absolute atomic E-state index is 0.0213. The zero-order chi connectivity index (χ0) is 13.9. The number of hydrogen-bond donors (Lipinski definition) is 3. The molecule has 3 unspecified atom stereocenters. The van der Waals surface area contributed by atoms with Crippen LogP contribution in [0.1, 0.15) is 52.4 Å². The van der Waals surface area contributed by atoms with E-state index in [0.717, 1.165) is 38.6 Å². The van der Waals surface area contributed by atoms with Crippen LogP contribution in [0.5, 0.6) is 0 Å². The van der Waals surface area contributed by atoms with Gasteiger partial charge >= 0.3 is 0 Å². The van der Waals surface area contributed by atoms with Gasteiger partial charge in [-0.1, -0.05) is 26.7 Å². The monoisotopic (exact) mass is 268 g/mol. The SMILES string of the molecule is CC1(C)CCCNC1C(=O)NCC1CCCCC1O. The van der Waals surface area contributed by atoms with Crippen LogP contribution in [0.3, 0.4) is 0 Å². The number of rotatable bonds is 3. The van der Waals surface area contributed by atoms with Gasteiger partial charge in [0.2, 0.25) is 5.91 Å². The van der Waals surface area contributed by atoms with Crippen LogP contribution in [-0.2, 0) is 4.79 Å². The first-order valence-electron chi connectivity index (χ1n) is 7.70. The number of hydrogen-bond acceptors (Lipinski definition) is 3. The zero-order valence-corrected chi connectivity index (χ0v) is 12.2. The Morgan fingerprint density at radius 2 is 2.05 bits per heavy atom. The first-order chi connectivity index (χ1) is 9.00. The van der Waals surface area contributed by atoms with Crippen molar-refractivity contribution in [1.29, 1.82) is 0 Å². The first kappa shape index (κ1) is 14.8. The van der Waals surface area contributed by atoms with Crippen LogP contribution < -0.4 is 10.6 Å². The second-order valence-corrected chi connectivity index (χ2v) is 6.84. The maximum Gasteiger partial charge on any atom is 0.237 e. The molecule has 0 radical (unpaired) electrons. The lowest BCUT2D eigenvalue weighted by molar-refractivity contribution is -0.127. The van der Waals surface area contributed by atoms with Gasteiger partial charge in [0.25, 0.3) is 0 Å². The Bertz CT molecular complexity index is 317. The molecule has 1 heterocycles. The summed E-state index contributed by atoms with van der Waals surface area (Å²) in [5.74, 6) is 0.340. The summed E-state index contributed by atoms with van der Waals surface area (Å²) in [7, 11) is 0. The summed E-state index contributed by atoms with van der Waals surface area (Å²) in [5, 5.41) is 16.3. The van der Waals surface area contributed by atoms with E-state index in [-0.39, 0.29) is 29.4 Å². The van der Waals surface area contributed by atoms with Gasteiger partial charge in [-0.05, 0) is 37.6 Å². The van der Waals surface area contributed by atoms with Gasteiger partial charge in [0, 0.05) is 12.5 Å². The predicted octanol–water partition coefficient (Wildman–Crippen LogP) is 1.43.